The molecule has 0 unspecified atom stereocenters. The number of aryl methyl sites for hydroxylation is 1. The number of nitrogens with zero attached hydrogens (tertiary/aromatic N) is 3. The molecule has 0 saturated carbocycles. The van der Waals surface area contributed by atoms with Crippen molar-refractivity contribution in [2.75, 3.05) is 6.54 Å². The minimum absolute atomic E-state index is 0.145. The van der Waals surface area contributed by atoms with E-state index in [0.29, 0.717) is 27.9 Å². The van der Waals surface area contributed by atoms with E-state index in [1.807, 2.05) is 20.8 Å². The van der Waals surface area contributed by atoms with Crippen molar-refractivity contribution < 1.29 is 4.79 Å². The van der Waals surface area contributed by atoms with Gasteiger partial charge in [0.1, 0.15) is 4.88 Å². The maximum atomic E-state index is 12.4. The lowest BCUT2D eigenvalue weighted by atomic mass is 9.94. The smallest absolute Gasteiger partial charge is 0.263 e. The standard InChI is InChI=1S/C15H21N5OS/c1-4-15(16,5-2)9-19-13(21)11-10(3)20-14(22-11)12-17-7-6-8-18-12/h6-8H,4-5,9,16H2,1-3H3,(H,19,21). The molecule has 2 aromatic rings. The molecule has 0 aliphatic heterocycles. The fraction of sp³-hybridized carbons (Fsp3) is 0.467. The highest BCUT2D eigenvalue weighted by Crippen LogP contribution is 2.25. The first-order valence-electron chi connectivity index (χ1n) is 7.31. The van der Waals surface area contributed by atoms with Gasteiger partial charge in [0, 0.05) is 24.5 Å². The number of nitrogens with one attached hydrogen (secondary N) is 1. The van der Waals surface area contributed by atoms with Gasteiger partial charge in [0.05, 0.1) is 5.69 Å². The number of carbonyl (C=O) groups excluding carboxylic acids is 1. The van der Waals surface area contributed by atoms with E-state index < -0.39 is 0 Å². The molecule has 0 aromatic carbocycles. The number of hydrogen-bond acceptors (Lipinski definition) is 6. The molecule has 0 bridgehead atoms. The molecule has 6 nitrogen and oxygen atoms in total. The fourth-order valence-corrected chi connectivity index (χ4v) is 2.88. The molecule has 0 atom stereocenters. The molecule has 118 valence electrons. The van der Waals surface area contributed by atoms with Gasteiger partial charge in [0.15, 0.2) is 10.8 Å². The zero-order valence-corrected chi connectivity index (χ0v) is 13.9. The lowest BCUT2D eigenvalue weighted by Crippen LogP contribution is -2.49. The predicted molar refractivity (Wildman–Crippen MR) is 87.7 cm³/mol. The molecule has 2 heterocycles. The van der Waals surface area contributed by atoms with E-state index in [2.05, 4.69) is 20.3 Å². The van der Waals surface area contributed by atoms with Crippen molar-refractivity contribution in [3.05, 3.63) is 29.0 Å². The fourth-order valence-electron chi connectivity index (χ4n) is 1.95. The molecule has 0 aliphatic rings. The molecule has 2 rings (SSSR count). The molecule has 0 fully saturated rings. The molecule has 0 aliphatic carbocycles. The SMILES string of the molecule is CCC(N)(CC)CNC(=O)c1sc(-c2ncccn2)nc1C. The second-order valence-electron chi connectivity index (χ2n) is 5.26. The lowest BCUT2D eigenvalue weighted by molar-refractivity contribution is 0.0945. The predicted octanol–water partition coefficient (Wildman–Crippen LogP) is 2.16. The van der Waals surface area contributed by atoms with E-state index in [1.54, 1.807) is 18.5 Å². The molecule has 22 heavy (non-hydrogen) atoms. The number of amides is 1. The Morgan fingerprint density at radius 2 is 1.95 bits per heavy atom. The van der Waals surface area contributed by atoms with E-state index >= 15 is 0 Å². The number of nitrogens with two attached hydrogens (primary N) is 1. The summed E-state index contributed by atoms with van der Waals surface area (Å²) in [5.74, 6) is 0.388. The molecular weight excluding hydrogens is 298 g/mol. The Balaban J connectivity index is 2.13. The molecule has 2 aromatic heterocycles. The van der Waals surface area contributed by atoms with Crippen LogP contribution in [-0.2, 0) is 0 Å². The summed E-state index contributed by atoms with van der Waals surface area (Å²) in [4.78, 5) is 25.6. The van der Waals surface area contributed by atoms with Crippen molar-refractivity contribution in [2.45, 2.75) is 39.2 Å². The Hall–Kier alpha value is -1.86. The minimum atomic E-state index is -0.361. The summed E-state index contributed by atoms with van der Waals surface area (Å²) in [6.45, 7) is 6.32. The normalized spacial score (nSPS) is 11.5. The van der Waals surface area contributed by atoms with Gasteiger partial charge in [-0.1, -0.05) is 13.8 Å². The Labute approximate surface area is 134 Å². The Bertz CT molecular complexity index is 637. The highest BCUT2D eigenvalue weighted by atomic mass is 32.1. The molecule has 0 radical (unpaired) electrons. The van der Waals surface area contributed by atoms with Crippen molar-refractivity contribution in [1.82, 2.24) is 20.3 Å². The van der Waals surface area contributed by atoms with Crippen molar-refractivity contribution in [3.8, 4) is 10.8 Å². The van der Waals surface area contributed by atoms with Crippen LogP contribution in [0.25, 0.3) is 10.8 Å². The van der Waals surface area contributed by atoms with Crippen LogP contribution in [0, 0.1) is 6.92 Å². The van der Waals surface area contributed by atoms with Crippen molar-refractivity contribution >= 4 is 17.2 Å². The molecule has 0 saturated heterocycles. The molecule has 3 N–H and O–H groups in total. The van der Waals surface area contributed by atoms with Gasteiger partial charge < -0.3 is 11.1 Å². The summed E-state index contributed by atoms with van der Waals surface area (Å²) in [5.41, 5.74) is 6.53. The van der Waals surface area contributed by atoms with Crippen LogP contribution in [0.15, 0.2) is 18.5 Å². The van der Waals surface area contributed by atoms with E-state index in [0.717, 1.165) is 12.8 Å². The van der Waals surface area contributed by atoms with Crippen LogP contribution >= 0.6 is 11.3 Å². The van der Waals surface area contributed by atoms with Crippen LogP contribution in [0.3, 0.4) is 0 Å². The first kappa shape index (κ1) is 16.5. The van der Waals surface area contributed by atoms with Crippen LogP contribution in [0.1, 0.15) is 42.1 Å². The maximum Gasteiger partial charge on any atom is 0.263 e. The van der Waals surface area contributed by atoms with Crippen LogP contribution in [0.2, 0.25) is 0 Å². The highest BCUT2D eigenvalue weighted by Gasteiger charge is 2.23. The first-order valence-corrected chi connectivity index (χ1v) is 8.12. The Kier molecular flexibility index (Phi) is 5.20. The maximum absolute atomic E-state index is 12.4. The summed E-state index contributed by atoms with van der Waals surface area (Å²) in [6.07, 6.45) is 4.94. The second kappa shape index (κ2) is 6.93. The molecular formula is C15H21N5OS. The van der Waals surface area contributed by atoms with Gasteiger partial charge in [-0.05, 0) is 25.8 Å². The first-order chi connectivity index (χ1) is 10.5. The number of rotatable bonds is 6. The third kappa shape index (κ3) is 3.66. The van der Waals surface area contributed by atoms with Crippen LogP contribution in [0.4, 0.5) is 0 Å². The number of aromatic nitrogens is 3. The summed E-state index contributed by atoms with van der Waals surface area (Å²) in [6, 6.07) is 1.74. The van der Waals surface area contributed by atoms with Crippen molar-refractivity contribution in [3.63, 3.8) is 0 Å². The summed E-state index contributed by atoms with van der Waals surface area (Å²) < 4.78 is 0. The van der Waals surface area contributed by atoms with Crippen LogP contribution in [0.5, 0.6) is 0 Å². The molecule has 7 heteroatoms. The monoisotopic (exact) mass is 319 g/mol. The second-order valence-corrected chi connectivity index (χ2v) is 6.26. The summed E-state index contributed by atoms with van der Waals surface area (Å²) in [5, 5.41) is 3.56. The van der Waals surface area contributed by atoms with E-state index in [9.17, 15) is 4.79 Å². The van der Waals surface area contributed by atoms with Crippen molar-refractivity contribution in [1.29, 1.82) is 0 Å². The van der Waals surface area contributed by atoms with Gasteiger partial charge in [-0.3, -0.25) is 4.79 Å². The number of hydrogen-bond donors (Lipinski definition) is 2. The number of thiazole rings is 1. The van der Waals surface area contributed by atoms with Gasteiger partial charge in [-0.25, -0.2) is 15.0 Å². The third-order valence-corrected chi connectivity index (χ3v) is 4.92. The third-order valence-electron chi connectivity index (χ3n) is 3.77. The van der Waals surface area contributed by atoms with Gasteiger partial charge in [-0.2, -0.15) is 0 Å². The zero-order valence-electron chi connectivity index (χ0n) is 13.1. The van der Waals surface area contributed by atoms with Gasteiger partial charge in [0.2, 0.25) is 0 Å². The quantitative estimate of drug-likeness (QED) is 0.851. The largest absolute Gasteiger partial charge is 0.349 e. The minimum Gasteiger partial charge on any atom is -0.349 e. The Morgan fingerprint density at radius 3 is 2.55 bits per heavy atom. The highest BCUT2D eigenvalue weighted by molar-refractivity contribution is 7.17. The van der Waals surface area contributed by atoms with Crippen LogP contribution < -0.4 is 11.1 Å². The topological polar surface area (TPSA) is 93.8 Å². The van der Waals surface area contributed by atoms with Crippen LogP contribution in [-0.4, -0.2) is 32.9 Å². The number of carbonyl (C=O) groups is 1. The van der Waals surface area contributed by atoms with Gasteiger partial charge >= 0.3 is 0 Å². The summed E-state index contributed by atoms with van der Waals surface area (Å²) >= 11 is 1.30. The average molecular weight is 319 g/mol. The van der Waals surface area contributed by atoms with E-state index in [-0.39, 0.29) is 11.4 Å². The lowest BCUT2D eigenvalue weighted by Gasteiger charge is -2.26. The van der Waals surface area contributed by atoms with Gasteiger partial charge in [0.25, 0.3) is 5.91 Å². The zero-order chi connectivity index (χ0) is 16.2. The van der Waals surface area contributed by atoms with E-state index in [1.165, 1.54) is 11.3 Å². The Morgan fingerprint density at radius 1 is 1.32 bits per heavy atom. The average Bonchev–Trinajstić information content (AvgIpc) is 2.95. The summed E-state index contributed by atoms with van der Waals surface area (Å²) in [7, 11) is 0. The molecule has 1 amide bonds. The molecule has 0 spiro atoms. The van der Waals surface area contributed by atoms with Crippen molar-refractivity contribution in [2.24, 2.45) is 5.73 Å². The van der Waals surface area contributed by atoms with E-state index in [4.69, 9.17) is 5.73 Å². The van der Waals surface area contributed by atoms with Gasteiger partial charge in [-0.15, -0.1) is 11.3 Å².